The summed E-state index contributed by atoms with van der Waals surface area (Å²) in [4.78, 5) is 0. The van der Waals surface area contributed by atoms with E-state index in [9.17, 15) is 0 Å². The molecule has 0 aliphatic heterocycles. The molecular weight excluding hydrogens is 350 g/mol. The van der Waals surface area contributed by atoms with Gasteiger partial charge in [0.15, 0.2) is 0 Å². The van der Waals surface area contributed by atoms with E-state index in [0.29, 0.717) is 11.8 Å². The normalized spacial score (nSPS) is 11.4. The molecule has 0 atom stereocenters. The van der Waals surface area contributed by atoms with Gasteiger partial charge in [-0.15, -0.1) is 0 Å². The summed E-state index contributed by atoms with van der Waals surface area (Å²) in [6.07, 6.45) is 2.21. The van der Waals surface area contributed by atoms with Crippen LogP contribution in [-0.2, 0) is 0 Å². The monoisotopic (exact) mass is 379 g/mol. The van der Waals surface area contributed by atoms with Crippen molar-refractivity contribution in [2.24, 2.45) is 0 Å². The van der Waals surface area contributed by atoms with Gasteiger partial charge in [0.2, 0.25) is 0 Å². The molecule has 0 N–H and O–H groups in total. The second kappa shape index (κ2) is 8.13. The molecule has 0 radical (unpaired) electrons. The predicted molar refractivity (Wildman–Crippen MR) is 125 cm³/mol. The number of hydrogen-bond donors (Lipinski definition) is 0. The van der Waals surface area contributed by atoms with Crippen molar-refractivity contribution in [3.63, 3.8) is 0 Å². The lowest BCUT2D eigenvalue weighted by Crippen LogP contribution is -2.09. The van der Waals surface area contributed by atoms with Gasteiger partial charge in [0, 0.05) is 6.20 Å². The zero-order valence-electron chi connectivity index (χ0n) is 17.8. The number of nitrogens with zero attached hydrogens (tertiary/aromatic N) is 1. The molecule has 0 fully saturated rings. The molecule has 4 rings (SSSR count). The lowest BCUT2D eigenvalue weighted by Gasteiger charge is -2.25. The van der Waals surface area contributed by atoms with Crippen LogP contribution in [0.1, 0.15) is 50.7 Å². The van der Waals surface area contributed by atoms with Gasteiger partial charge in [-0.25, -0.2) is 0 Å². The van der Waals surface area contributed by atoms with Gasteiger partial charge in [-0.05, 0) is 51.8 Å². The van der Waals surface area contributed by atoms with Crippen LogP contribution >= 0.6 is 0 Å². The summed E-state index contributed by atoms with van der Waals surface area (Å²) in [5.41, 5.74) is 9.22. The van der Waals surface area contributed by atoms with Crippen LogP contribution in [0, 0.1) is 0 Å². The molecule has 3 aromatic carbocycles. The average Bonchev–Trinajstić information content (AvgIpc) is 3.23. The minimum Gasteiger partial charge on any atom is -0.316 e. The van der Waals surface area contributed by atoms with Gasteiger partial charge in [0.05, 0.1) is 11.4 Å². The molecule has 146 valence electrons. The Morgan fingerprint density at radius 2 is 1.21 bits per heavy atom. The molecule has 4 aromatic rings. The molecule has 0 unspecified atom stereocenters. The summed E-state index contributed by atoms with van der Waals surface area (Å²) >= 11 is 0. The fourth-order valence-electron chi connectivity index (χ4n) is 4.23. The van der Waals surface area contributed by atoms with Crippen molar-refractivity contribution in [3.05, 3.63) is 102 Å². The lowest BCUT2D eigenvalue weighted by molar-refractivity contribution is 0.809. The summed E-state index contributed by atoms with van der Waals surface area (Å²) in [6, 6.07) is 30.5. The van der Waals surface area contributed by atoms with Crippen LogP contribution in [0.2, 0.25) is 0 Å². The van der Waals surface area contributed by atoms with Crippen LogP contribution in [0.3, 0.4) is 0 Å². The van der Waals surface area contributed by atoms with Crippen LogP contribution in [0.4, 0.5) is 0 Å². The van der Waals surface area contributed by atoms with Gasteiger partial charge in [0.1, 0.15) is 0 Å². The van der Waals surface area contributed by atoms with Crippen molar-refractivity contribution < 1.29 is 0 Å². The second-order valence-corrected chi connectivity index (χ2v) is 8.27. The maximum atomic E-state index is 2.40. The van der Waals surface area contributed by atoms with E-state index < -0.39 is 0 Å². The van der Waals surface area contributed by atoms with Gasteiger partial charge in [-0.2, -0.15) is 0 Å². The highest BCUT2D eigenvalue weighted by atomic mass is 15.0. The van der Waals surface area contributed by atoms with Gasteiger partial charge in [-0.1, -0.05) is 100 Å². The Morgan fingerprint density at radius 1 is 0.586 bits per heavy atom. The SMILES string of the molecule is CC(C)c1ccc(-c2ccccc2)c(C(C)C)c1-n1cccc1-c1ccccc1. The van der Waals surface area contributed by atoms with Crippen LogP contribution in [0.15, 0.2) is 91.1 Å². The highest BCUT2D eigenvalue weighted by molar-refractivity contribution is 5.76. The van der Waals surface area contributed by atoms with Crippen LogP contribution in [0.5, 0.6) is 0 Å². The Bertz CT molecular complexity index is 1090. The molecule has 1 aromatic heterocycles. The minimum atomic E-state index is 0.407. The van der Waals surface area contributed by atoms with Crippen molar-refractivity contribution in [2.45, 2.75) is 39.5 Å². The van der Waals surface area contributed by atoms with E-state index >= 15 is 0 Å². The Balaban J connectivity index is 2.04. The molecule has 0 aliphatic carbocycles. The second-order valence-electron chi connectivity index (χ2n) is 8.27. The first-order valence-electron chi connectivity index (χ1n) is 10.5. The van der Waals surface area contributed by atoms with Gasteiger partial charge in [-0.3, -0.25) is 0 Å². The van der Waals surface area contributed by atoms with Crippen molar-refractivity contribution in [1.82, 2.24) is 4.57 Å². The fraction of sp³-hybridized carbons (Fsp3) is 0.214. The Morgan fingerprint density at radius 3 is 1.79 bits per heavy atom. The van der Waals surface area contributed by atoms with Crippen LogP contribution in [-0.4, -0.2) is 4.57 Å². The molecule has 0 saturated heterocycles. The first-order chi connectivity index (χ1) is 14.1. The van der Waals surface area contributed by atoms with Gasteiger partial charge >= 0.3 is 0 Å². The van der Waals surface area contributed by atoms with E-state index in [1.54, 1.807) is 0 Å². The van der Waals surface area contributed by atoms with Crippen molar-refractivity contribution in [2.75, 3.05) is 0 Å². The number of benzene rings is 3. The van der Waals surface area contributed by atoms with Gasteiger partial charge in [0.25, 0.3) is 0 Å². The van der Waals surface area contributed by atoms with E-state index in [1.165, 1.54) is 39.2 Å². The highest BCUT2D eigenvalue weighted by Gasteiger charge is 2.21. The molecule has 1 heteroatoms. The third kappa shape index (κ3) is 3.65. The number of rotatable bonds is 5. The smallest absolute Gasteiger partial charge is 0.0531 e. The maximum absolute atomic E-state index is 2.40. The molecule has 29 heavy (non-hydrogen) atoms. The minimum absolute atomic E-state index is 0.407. The zero-order chi connectivity index (χ0) is 20.4. The Kier molecular flexibility index (Phi) is 5.40. The number of aromatic nitrogens is 1. The molecule has 0 aliphatic rings. The summed E-state index contributed by atoms with van der Waals surface area (Å²) in [5.74, 6) is 0.850. The summed E-state index contributed by atoms with van der Waals surface area (Å²) < 4.78 is 2.40. The predicted octanol–water partition coefficient (Wildman–Crippen LogP) is 8.06. The zero-order valence-corrected chi connectivity index (χ0v) is 17.8. The van der Waals surface area contributed by atoms with Crippen molar-refractivity contribution in [1.29, 1.82) is 0 Å². The molecule has 0 spiro atoms. The topological polar surface area (TPSA) is 4.93 Å². The van der Waals surface area contributed by atoms with Gasteiger partial charge < -0.3 is 4.57 Å². The first-order valence-corrected chi connectivity index (χ1v) is 10.5. The Hall–Kier alpha value is -3.06. The third-order valence-corrected chi connectivity index (χ3v) is 5.59. The first kappa shape index (κ1) is 19.3. The lowest BCUT2D eigenvalue weighted by atomic mass is 9.86. The summed E-state index contributed by atoms with van der Waals surface area (Å²) in [6.45, 7) is 9.19. The standard InChI is InChI=1S/C28H29N/c1-20(2)24-17-18-25(22-12-7-5-8-13-22)27(21(3)4)28(24)29-19-11-16-26(29)23-14-9-6-10-15-23/h5-21H,1-4H3. The third-order valence-electron chi connectivity index (χ3n) is 5.59. The van der Waals surface area contributed by atoms with Crippen molar-refractivity contribution in [3.8, 4) is 28.1 Å². The van der Waals surface area contributed by atoms with E-state index in [1.807, 2.05) is 0 Å². The molecule has 0 amide bonds. The summed E-state index contributed by atoms with van der Waals surface area (Å²) in [7, 11) is 0. The number of hydrogen-bond acceptors (Lipinski definition) is 0. The largest absolute Gasteiger partial charge is 0.316 e. The van der Waals surface area contributed by atoms with Crippen LogP contribution in [0.25, 0.3) is 28.1 Å². The summed E-state index contributed by atoms with van der Waals surface area (Å²) in [5, 5.41) is 0. The fourth-order valence-corrected chi connectivity index (χ4v) is 4.23. The van der Waals surface area contributed by atoms with E-state index in [2.05, 4.69) is 123 Å². The van der Waals surface area contributed by atoms with Crippen LogP contribution < -0.4 is 0 Å². The van der Waals surface area contributed by atoms with Crippen molar-refractivity contribution >= 4 is 0 Å². The van der Waals surface area contributed by atoms with E-state index in [-0.39, 0.29) is 0 Å². The quantitative estimate of drug-likeness (QED) is 0.330. The average molecular weight is 380 g/mol. The molecular formula is C28H29N. The maximum Gasteiger partial charge on any atom is 0.0531 e. The molecule has 0 saturated carbocycles. The van der Waals surface area contributed by atoms with E-state index in [4.69, 9.17) is 0 Å². The molecule has 1 nitrogen and oxygen atoms in total. The molecule has 0 bridgehead atoms. The molecule has 1 heterocycles. The van der Waals surface area contributed by atoms with E-state index in [0.717, 1.165) is 0 Å². The Labute approximate surface area is 174 Å². The highest BCUT2D eigenvalue weighted by Crippen LogP contribution is 2.40.